The molecule has 0 saturated heterocycles. The van der Waals surface area contributed by atoms with Crippen molar-refractivity contribution in [3.63, 3.8) is 0 Å². The van der Waals surface area contributed by atoms with Gasteiger partial charge in [-0.05, 0) is 29.8 Å². The number of amides is 1. The van der Waals surface area contributed by atoms with Gasteiger partial charge in [-0.15, -0.1) is 0 Å². The van der Waals surface area contributed by atoms with Crippen LogP contribution in [-0.4, -0.2) is 29.5 Å². The van der Waals surface area contributed by atoms with Crippen molar-refractivity contribution in [2.45, 2.75) is 6.42 Å². The highest BCUT2D eigenvalue weighted by Crippen LogP contribution is 2.27. The fourth-order valence-corrected chi connectivity index (χ4v) is 2.38. The van der Waals surface area contributed by atoms with E-state index in [4.69, 9.17) is 9.47 Å². The quantitative estimate of drug-likeness (QED) is 0.786. The molecule has 0 aliphatic rings. The smallest absolute Gasteiger partial charge is 0.228 e. The molecular weight excluding hydrogens is 294 g/mol. The molecule has 0 aliphatic carbocycles. The van der Waals surface area contributed by atoms with Crippen LogP contribution in [0.25, 0.3) is 5.65 Å². The molecule has 2 aromatic heterocycles. The Hall–Kier alpha value is -3.02. The van der Waals surface area contributed by atoms with E-state index in [9.17, 15) is 4.79 Å². The predicted molar refractivity (Wildman–Crippen MR) is 87.1 cm³/mol. The largest absolute Gasteiger partial charge is 0.493 e. The molecule has 23 heavy (non-hydrogen) atoms. The van der Waals surface area contributed by atoms with E-state index in [2.05, 4.69) is 10.3 Å². The number of hydrogen-bond acceptors (Lipinski definition) is 4. The average molecular weight is 311 g/mol. The molecule has 0 radical (unpaired) electrons. The second kappa shape index (κ2) is 6.39. The molecule has 3 rings (SSSR count). The highest BCUT2D eigenvalue weighted by molar-refractivity contribution is 5.92. The number of nitrogens with zero attached hydrogens (tertiary/aromatic N) is 2. The summed E-state index contributed by atoms with van der Waals surface area (Å²) in [6, 6.07) is 9.12. The Bertz CT molecular complexity index is 842. The summed E-state index contributed by atoms with van der Waals surface area (Å²) in [4.78, 5) is 16.4. The van der Waals surface area contributed by atoms with Crippen LogP contribution in [-0.2, 0) is 11.2 Å². The van der Waals surface area contributed by atoms with Gasteiger partial charge in [0.15, 0.2) is 11.5 Å². The Morgan fingerprint density at radius 1 is 1.17 bits per heavy atom. The van der Waals surface area contributed by atoms with Crippen molar-refractivity contribution in [3.8, 4) is 11.5 Å². The second-order valence-corrected chi connectivity index (χ2v) is 5.02. The molecule has 0 aliphatic heterocycles. The number of imidazole rings is 1. The van der Waals surface area contributed by atoms with E-state index in [1.54, 1.807) is 32.5 Å². The van der Waals surface area contributed by atoms with Crippen LogP contribution in [0.15, 0.2) is 48.9 Å². The molecule has 0 spiro atoms. The first-order valence-electron chi connectivity index (χ1n) is 7.13. The number of aromatic nitrogens is 2. The summed E-state index contributed by atoms with van der Waals surface area (Å²) in [5.41, 5.74) is 2.41. The zero-order valence-electron chi connectivity index (χ0n) is 12.9. The SMILES string of the molecule is COc1ccc(CC(=O)Nc2ccc3nccn3c2)cc1OC. The standard InChI is InChI=1S/C17H17N3O3/c1-22-14-5-3-12(9-15(14)23-2)10-17(21)19-13-4-6-16-18-7-8-20(16)11-13/h3-9,11H,10H2,1-2H3,(H,19,21). The second-order valence-electron chi connectivity index (χ2n) is 5.02. The normalized spacial score (nSPS) is 10.5. The summed E-state index contributed by atoms with van der Waals surface area (Å²) in [5.74, 6) is 1.15. The monoisotopic (exact) mass is 311 g/mol. The van der Waals surface area contributed by atoms with Crippen molar-refractivity contribution >= 4 is 17.2 Å². The number of nitrogens with one attached hydrogen (secondary N) is 1. The average Bonchev–Trinajstić information content (AvgIpc) is 3.02. The molecule has 0 unspecified atom stereocenters. The van der Waals surface area contributed by atoms with Crippen molar-refractivity contribution < 1.29 is 14.3 Å². The topological polar surface area (TPSA) is 64.9 Å². The summed E-state index contributed by atoms with van der Waals surface area (Å²) >= 11 is 0. The molecule has 1 N–H and O–H groups in total. The van der Waals surface area contributed by atoms with Crippen LogP contribution in [0.5, 0.6) is 11.5 Å². The van der Waals surface area contributed by atoms with Gasteiger partial charge in [-0.2, -0.15) is 0 Å². The molecule has 3 aromatic rings. The van der Waals surface area contributed by atoms with E-state index >= 15 is 0 Å². The Labute approximate surface area is 133 Å². The van der Waals surface area contributed by atoms with Crippen LogP contribution in [0, 0.1) is 0 Å². The Morgan fingerprint density at radius 2 is 2.00 bits per heavy atom. The van der Waals surface area contributed by atoms with Gasteiger partial charge >= 0.3 is 0 Å². The lowest BCUT2D eigenvalue weighted by Gasteiger charge is -2.10. The van der Waals surface area contributed by atoms with Crippen LogP contribution in [0.3, 0.4) is 0 Å². The lowest BCUT2D eigenvalue weighted by molar-refractivity contribution is -0.115. The maximum atomic E-state index is 12.2. The van der Waals surface area contributed by atoms with E-state index in [1.807, 2.05) is 35.0 Å². The number of fused-ring (bicyclic) bond motifs is 1. The number of pyridine rings is 1. The summed E-state index contributed by atoms with van der Waals surface area (Å²) in [6.45, 7) is 0. The van der Waals surface area contributed by atoms with Gasteiger partial charge in [-0.25, -0.2) is 4.98 Å². The van der Waals surface area contributed by atoms with E-state index in [0.29, 0.717) is 11.5 Å². The highest BCUT2D eigenvalue weighted by Gasteiger charge is 2.09. The zero-order chi connectivity index (χ0) is 16.2. The summed E-state index contributed by atoms with van der Waals surface area (Å²) in [5, 5.41) is 2.88. The molecule has 1 amide bonds. The number of methoxy groups -OCH3 is 2. The number of rotatable bonds is 5. The summed E-state index contributed by atoms with van der Waals surface area (Å²) in [7, 11) is 3.15. The Balaban J connectivity index is 1.71. The number of benzene rings is 1. The van der Waals surface area contributed by atoms with Gasteiger partial charge in [0.1, 0.15) is 5.65 Å². The van der Waals surface area contributed by atoms with E-state index in [0.717, 1.165) is 16.9 Å². The minimum absolute atomic E-state index is 0.100. The van der Waals surface area contributed by atoms with Crippen LogP contribution >= 0.6 is 0 Å². The predicted octanol–water partition coefficient (Wildman–Crippen LogP) is 2.53. The van der Waals surface area contributed by atoms with E-state index in [-0.39, 0.29) is 12.3 Å². The molecule has 2 heterocycles. The molecule has 1 aromatic carbocycles. The maximum Gasteiger partial charge on any atom is 0.228 e. The summed E-state index contributed by atoms with van der Waals surface area (Å²) < 4.78 is 12.3. The molecular formula is C17H17N3O3. The number of anilines is 1. The fourth-order valence-electron chi connectivity index (χ4n) is 2.38. The molecule has 0 fully saturated rings. The molecule has 6 heteroatoms. The first-order valence-corrected chi connectivity index (χ1v) is 7.13. The highest BCUT2D eigenvalue weighted by atomic mass is 16.5. The van der Waals surface area contributed by atoms with Crippen LogP contribution in [0.1, 0.15) is 5.56 Å². The summed E-state index contributed by atoms with van der Waals surface area (Å²) in [6.07, 6.45) is 5.63. The molecule has 6 nitrogen and oxygen atoms in total. The third kappa shape index (κ3) is 3.26. The number of carbonyl (C=O) groups is 1. The molecule has 0 saturated carbocycles. The van der Waals surface area contributed by atoms with Crippen molar-refractivity contribution in [1.29, 1.82) is 0 Å². The lowest BCUT2D eigenvalue weighted by atomic mass is 10.1. The van der Waals surface area contributed by atoms with Crippen molar-refractivity contribution in [1.82, 2.24) is 9.38 Å². The minimum atomic E-state index is -0.100. The Morgan fingerprint density at radius 3 is 2.78 bits per heavy atom. The maximum absolute atomic E-state index is 12.2. The number of ether oxygens (including phenoxy) is 2. The number of carbonyl (C=O) groups excluding carboxylic acids is 1. The molecule has 118 valence electrons. The van der Waals surface area contributed by atoms with Gasteiger partial charge in [0.05, 0.1) is 26.3 Å². The minimum Gasteiger partial charge on any atom is -0.493 e. The van der Waals surface area contributed by atoms with E-state index < -0.39 is 0 Å². The fraction of sp³-hybridized carbons (Fsp3) is 0.176. The van der Waals surface area contributed by atoms with Crippen LogP contribution < -0.4 is 14.8 Å². The van der Waals surface area contributed by atoms with Crippen molar-refractivity contribution in [2.24, 2.45) is 0 Å². The van der Waals surface area contributed by atoms with Gasteiger partial charge in [0.25, 0.3) is 0 Å². The Kier molecular flexibility index (Phi) is 4.14. The zero-order valence-corrected chi connectivity index (χ0v) is 12.9. The number of hydrogen-bond donors (Lipinski definition) is 1. The van der Waals surface area contributed by atoms with Gasteiger partial charge in [0, 0.05) is 18.6 Å². The van der Waals surface area contributed by atoms with Gasteiger partial charge in [-0.3, -0.25) is 4.79 Å². The van der Waals surface area contributed by atoms with Gasteiger partial charge in [0.2, 0.25) is 5.91 Å². The third-order valence-electron chi connectivity index (χ3n) is 3.49. The lowest BCUT2D eigenvalue weighted by Crippen LogP contribution is -2.14. The van der Waals surface area contributed by atoms with Gasteiger partial charge < -0.3 is 19.2 Å². The van der Waals surface area contributed by atoms with Crippen molar-refractivity contribution in [3.05, 3.63) is 54.5 Å². The first-order chi connectivity index (χ1) is 11.2. The van der Waals surface area contributed by atoms with Gasteiger partial charge in [-0.1, -0.05) is 6.07 Å². The molecule has 0 bridgehead atoms. The van der Waals surface area contributed by atoms with Crippen LogP contribution in [0.2, 0.25) is 0 Å². The third-order valence-corrected chi connectivity index (χ3v) is 3.49. The first kappa shape index (κ1) is 14.9. The van der Waals surface area contributed by atoms with Crippen molar-refractivity contribution in [2.75, 3.05) is 19.5 Å². The van der Waals surface area contributed by atoms with Crippen LogP contribution in [0.4, 0.5) is 5.69 Å². The van der Waals surface area contributed by atoms with E-state index in [1.165, 1.54) is 0 Å². The molecule has 0 atom stereocenters.